The Morgan fingerprint density at radius 3 is 2.47 bits per heavy atom. The fraction of sp³-hybridized carbons (Fsp3) is 0.952. The van der Waals surface area contributed by atoms with Crippen LogP contribution in [-0.2, 0) is 19.0 Å². The first-order valence-corrected chi connectivity index (χ1v) is 10.9. The third-order valence-corrected chi connectivity index (χ3v) is 8.29. The lowest BCUT2D eigenvalue weighted by Gasteiger charge is -2.50. The Morgan fingerprint density at radius 1 is 1.13 bits per heavy atom. The molecule has 2 bridgehead atoms. The molecule has 12 atom stereocenters. The van der Waals surface area contributed by atoms with E-state index in [1.54, 1.807) is 0 Å². The number of esters is 1. The minimum Gasteiger partial charge on any atom is -0.459 e. The van der Waals surface area contributed by atoms with Crippen molar-refractivity contribution in [1.82, 2.24) is 0 Å². The number of aliphatic hydroxyl groups is 5. The zero-order valence-electron chi connectivity index (χ0n) is 17.6. The molecule has 0 aromatic rings. The summed E-state index contributed by atoms with van der Waals surface area (Å²) in [5.74, 6) is -0.361. The number of aliphatic hydroxyl groups excluding tert-OH is 5. The summed E-state index contributed by atoms with van der Waals surface area (Å²) >= 11 is 0. The van der Waals surface area contributed by atoms with Gasteiger partial charge < -0.3 is 39.7 Å². The molecule has 0 aromatic heterocycles. The number of hydrogen-bond donors (Lipinski definition) is 5. The summed E-state index contributed by atoms with van der Waals surface area (Å²) in [6, 6.07) is 0. The van der Waals surface area contributed by atoms with Crippen LogP contribution in [0.15, 0.2) is 0 Å². The molecule has 0 amide bonds. The van der Waals surface area contributed by atoms with Gasteiger partial charge >= 0.3 is 5.97 Å². The number of carbonyl (C=O) groups excluding carboxylic acids is 1. The van der Waals surface area contributed by atoms with Gasteiger partial charge in [-0.05, 0) is 30.6 Å². The number of hydrogen-bond acceptors (Lipinski definition) is 9. The van der Waals surface area contributed by atoms with Crippen LogP contribution in [0.25, 0.3) is 0 Å². The zero-order chi connectivity index (χ0) is 22.0. The first-order chi connectivity index (χ1) is 14.1. The zero-order valence-corrected chi connectivity index (χ0v) is 17.6. The van der Waals surface area contributed by atoms with Gasteiger partial charge in [0.05, 0.1) is 25.2 Å². The quantitative estimate of drug-likeness (QED) is 0.348. The number of rotatable bonds is 5. The van der Waals surface area contributed by atoms with Crippen LogP contribution in [0.5, 0.6) is 0 Å². The van der Waals surface area contributed by atoms with Gasteiger partial charge in [0, 0.05) is 11.3 Å². The fourth-order valence-electron chi connectivity index (χ4n) is 6.52. The molecule has 2 saturated carbocycles. The summed E-state index contributed by atoms with van der Waals surface area (Å²) in [5, 5.41) is 50.7. The largest absolute Gasteiger partial charge is 0.459 e. The predicted molar refractivity (Wildman–Crippen MR) is 102 cm³/mol. The van der Waals surface area contributed by atoms with E-state index in [4.69, 9.17) is 14.2 Å². The maximum Gasteiger partial charge on any atom is 0.310 e. The molecule has 0 radical (unpaired) electrons. The molecule has 5 N–H and O–H groups in total. The molecule has 2 aliphatic heterocycles. The molecular weight excluding hydrogens is 396 g/mol. The Bertz CT molecular complexity index is 654. The fourth-order valence-corrected chi connectivity index (χ4v) is 6.52. The van der Waals surface area contributed by atoms with Crippen LogP contribution >= 0.6 is 0 Å². The number of ether oxygens (including phenoxy) is 3. The second kappa shape index (κ2) is 7.95. The molecule has 2 saturated heterocycles. The maximum atomic E-state index is 12.6. The molecule has 4 aliphatic rings. The summed E-state index contributed by atoms with van der Waals surface area (Å²) in [5.41, 5.74) is -0.582. The molecule has 4 fully saturated rings. The van der Waals surface area contributed by atoms with Crippen LogP contribution in [-0.4, -0.2) is 87.6 Å². The van der Waals surface area contributed by atoms with Crippen LogP contribution in [0.1, 0.15) is 33.6 Å². The summed E-state index contributed by atoms with van der Waals surface area (Å²) < 4.78 is 16.8. The lowest BCUT2D eigenvalue weighted by Crippen LogP contribution is -2.60. The molecule has 2 aliphatic carbocycles. The molecule has 0 spiro atoms. The number of carbonyl (C=O) groups is 1. The standard InChI is InChI=1S/C21H34O9/c1-8(2)12-13-10-5-4-9(21(10,3)18(26)17(12)30-19(13)27)7-28-20-16(25)15(24)14(23)11(6-22)29-20/h8-18,20,22-26H,4-7H2,1-3H3/t9-,10+,11-,12-,13+,14-,15+,16-,17+,18+,20-,21-/m1/s1. The Kier molecular flexibility index (Phi) is 5.93. The van der Waals surface area contributed by atoms with Crippen LogP contribution in [0.3, 0.4) is 0 Å². The average Bonchev–Trinajstić information content (AvgIpc) is 3.20. The Labute approximate surface area is 175 Å². The van der Waals surface area contributed by atoms with Gasteiger partial charge in [0.2, 0.25) is 0 Å². The van der Waals surface area contributed by atoms with Gasteiger partial charge in [0.1, 0.15) is 30.5 Å². The van der Waals surface area contributed by atoms with Gasteiger partial charge in [-0.1, -0.05) is 20.8 Å². The summed E-state index contributed by atoms with van der Waals surface area (Å²) in [4.78, 5) is 12.6. The van der Waals surface area contributed by atoms with Gasteiger partial charge in [0.25, 0.3) is 0 Å². The molecule has 172 valence electrons. The molecule has 9 nitrogen and oxygen atoms in total. The van der Waals surface area contributed by atoms with Gasteiger partial charge in [-0.3, -0.25) is 4.79 Å². The van der Waals surface area contributed by atoms with Crippen molar-refractivity contribution in [2.24, 2.45) is 35.0 Å². The average molecular weight is 430 g/mol. The van der Waals surface area contributed by atoms with Gasteiger partial charge in [0.15, 0.2) is 6.29 Å². The molecule has 9 heteroatoms. The van der Waals surface area contributed by atoms with Crippen LogP contribution < -0.4 is 0 Å². The van der Waals surface area contributed by atoms with Crippen molar-refractivity contribution in [3.63, 3.8) is 0 Å². The van der Waals surface area contributed by atoms with Gasteiger partial charge in [-0.25, -0.2) is 0 Å². The Balaban J connectivity index is 1.49. The van der Waals surface area contributed by atoms with E-state index in [9.17, 15) is 30.3 Å². The van der Waals surface area contributed by atoms with E-state index in [2.05, 4.69) is 13.8 Å². The monoisotopic (exact) mass is 430 g/mol. The molecule has 30 heavy (non-hydrogen) atoms. The van der Waals surface area contributed by atoms with Crippen molar-refractivity contribution in [3.05, 3.63) is 0 Å². The summed E-state index contributed by atoms with van der Waals surface area (Å²) in [6.45, 7) is 5.71. The lowest BCUT2D eigenvalue weighted by atomic mass is 9.55. The Morgan fingerprint density at radius 2 is 1.83 bits per heavy atom. The number of fused-ring (bicyclic) bond motifs is 4. The van der Waals surface area contributed by atoms with E-state index in [0.29, 0.717) is 0 Å². The SMILES string of the molecule is CC(C)[C@H]1[C@@H]2OC(=O)[C@H]1[C@@H]1CC[C@H](CO[C@@H]3O[C@H](CO)[C@@H](O)[C@H](O)[C@H]3O)[C@@]1(C)[C@H]2O. The maximum absolute atomic E-state index is 12.6. The molecule has 0 unspecified atom stereocenters. The van der Waals surface area contributed by atoms with E-state index >= 15 is 0 Å². The highest BCUT2D eigenvalue weighted by Crippen LogP contribution is 2.63. The summed E-state index contributed by atoms with van der Waals surface area (Å²) in [6.07, 6.45) is -6.47. The van der Waals surface area contributed by atoms with E-state index in [0.717, 1.165) is 12.8 Å². The van der Waals surface area contributed by atoms with Gasteiger partial charge in [-0.15, -0.1) is 0 Å². The molecular formula is C21H34O9. The van der Waals surface area contributed by atoms with E-state index in [-0.39, 0.29) is 42.2 Å². The minimum atomic E-state index is -1.50. The highest BCUT2D eigenvalue weighted by Gasteiger charge is 2.68. The van der Waals surface area contributed by atoms with E-state index in [1.807, 2.05) is 6.92 Å². The van der Waals surface area contributed by atoms with Crippen LogP contribution in [0, 0.1) is 35.0 Å². The molecule has 4 rings (SSSR count). The van der Waals surface area contributed by atoms with Crippen molar-refractivity contribution >= 4 is 5.97 Å². The van der Waals surface area contributed by atoms with Crippen LogP contribution in [0.4, 0.5) is 0 Å². The summed E-state index contributed by atoms with van der Waals surface area (Å²) in [7, 11) is 0. The first kappa shape index (κ1) is 22.4. The normalized spacial score (nSPS) is 53.1. The Hall–Kier alpha value is -0.810. The minimum absolute atomic E-state index is 0.00399. The molecule has 0 aromatic carbocycles. The third-order valence-electron chi connectivity index (χ3n) is 8.29. The van der Waals surface area contributed by atoms with Crippen molar-refractivity contribution in [1.29, 1.82) is 0 Å². The highest BCUT2D eigenvalue weighted by molar-refractivity contribution is 5.77. The smallest absolute Gasteiger partial charge is 0.310 e. The predicted octanol–water partition coefficient (Wildman–Crippen LogP) is -0.976. The highest BCUT2D eigenvalue weighted by atomic mass is 16.7. The third kappa shape index (κ3) is 3.13. The van der Waals surface area contributed by atoms with Gasteiger partial charge in [-0.2, -0.15) is 0 Å². The molecule has 2 heterocycles. The van der Waals surface area contributed by atoms with E-state index < -0.39 is 54.9 Å². The van der Waals surface area contributed by atoms with Crippen molar-refractivity contribution in [2.45, 2.75) is 76.5 Å². The topological polar surface area (TPSA) is 146 Å². The van der Waals surface area contributed by atoms with E-state index in [1.165, 1.54) is 0 Å². The van der Waals surface area contributed by atoms with Crippen molar-refractivity contribution < 1.29 is 44.5 Å². The lowest BCUT2D eigenvalue weighted by molar-refractivity contribution is -0.305. The second-order valence-corrected chi connectivity index (χ2v) is 9.97. The first-order valence-electron chi connectivity index (χ1n) is 10.9. The van der Waals surface area contributed by atoms with Crippen molar-refractivity contribution in [3.8, 4) is 0 Å². The van der Waals surface area contributed by atoms with Crippen molar-refractivity contribution in [2.75, 3.05) is 13.2 Å². The second-order valence-electron chi connectivity index (χ2n) is 9.97. The van der Waals surface area contributed by atoms with Crippen LogP contribution in [0.2, 0.25) is 0 Å².